The van der Waals surface area contributed by atoms with Crippen LogP contribution in [-0.2, 0) is 11.8 Å². The lowest BCUT2D eigenvalue weighted by molar-refractivity contribution is 0.159. The summed E-state index contributed by atoms with van der Waals surface area (Å²) in [5.41, 5.74) is 1.69. The Labute approximate surface area is 152 Å². The lowest BCUT2D eigenvalue weighted by Gasteiger charge is -2.27. The molecule has 8 heteroatoms. The number of carbonyl (C=O) groups excluding carboxylic acids is 1. The van der Waals surface area contributed by atoms with E-state index in [0.29, 0.717) is 13.2 Å². The van der Waals surface area contributed by atoms with Gasteiger partial charge in [-0.05, 0) is 50.2 Å². The molecule has 138 valence electrons. The van der Waals surface area contributed by atoms with Gasteiger partial charge >= 0.3 is 6.03 Å². The van der Waals surface area contributed by atoms with Crippen molar-refractivity contribution in [2.75, 3.05) is 31.6 Å². The van der Waals surface area contributed by atoms with Crippen molar-refractivity contribution < 1.29 is 9.53 Å². The monoisotopic (exact) mass is 356 g/mol. The van der Waals surface area contributed by atoms with Crippen LogP contribution in [0.4, 0.5) is 10.5 Å². The molecule has 0 radical (unpaired) electrons. The predicted molar refractivity (Wildman–Crippen MR) is 97.8 cm³/mol. The highest BCUT2D eigenvalue weighted by molar-refractivity contribution is 5.89. The Hall–Kier alpha value is -2.45. The third kappa shape index (κ3) is 3.56. The van der Waals surface area contributed by atoms with Gasteiger partial charge in [-0.25, -0.2) is 4.79 Å². The van der Waals surface area contributed by atoms with Crippen LogP contribution >= 0.6 is 0 Å². The molecule has 2 aliphatic rings. The van der Waals surface area contributed by atoms with Crippen LogP contribution < -0.4 is 10.6 Å². The van der Waals surface area contributed by atoms with Crippen LogP contribution in [0.5, 0.6) is 0 Å². The van der Waals surface area contributed by atoms with Crippen molar-refractivity contribution in [3.63, 3.8) is 0 Å². The summed E-state index contributed by atoms with van der Waals surface area (Å²) in [6.45, 7) is 3.45. The zero-order chi connectivity index (χ0) is 17.9. The average Bonchev–Trinajstić information content (AvgIpc) is 3.37. The maximum absolute atomic E-state index is 12.4. The van der Waals surface area contributed by atoms with Crippen LogP contribution in [0.2, 0.25) is 0 Å². The summed E-state index contributed by atoms with van der Waals surface area (Å²) in [4.78, 5) is 14.8. The number of hydrogen-bond donors (Lipinski definition) is 2. The number of hydrogen-bond acceptors (Lipinski definition) is 5. The van der Waals surface area contributed by atoms with Crippen molar-refractivity contribution in [1.82, 2.24) is 25.0 Å². The largest absolute Gasteiger partial charge is 0.378 e. The van der Waals surface area contributed by atoms with Crippen molar-refractivity contribution in [3.8, 4) is 11.4 Å². The molecular weight excluding hydrogens is 332 g/mol. The van der Waals surface area contributed by atoms with Gasteiger partial charge in [0.1, 0.15) is 6.33 Å². The number of likely N-dealkylation sites (tertiary alicyclic amines) is 1. The first-order valence-corrected chi connectivity index (χ1v) is 9.04. The molecule has 2 aromatic rings. The first-order valence-electron chi connectivity index (χ1n) is 9.04. The summed E-state index contributed by atoms with van der Waals surface area (Å²) in [7, 11) is 1.90. The number of ether oxygens (including phenoxy) is 1. The Kier molecular flexibility index (Phi) is 4.85. The van der Waals surface area contributed by atoms with E-state index in [2.05, 4.69) is 25.7 Å². The Balaban J connectivity index is 1.35. The highest BCUT2D eigenvalue weighted by Crippen LogP contribution is 2.20. The van der Waals surface area contributed by atoms with Gasteiger partial charge < -0.3 is 19.9 Å². The number of rotatable bonds is 4. The highest BCUT2D eigenvalue weighted by atomic mass is 16.5. The fourth-order valence-corrected chi connectivity index (χ4v) is 3.70. The van der Waals surface area contributed by atoms with E-state index in [4.69, 9.17) is 4.74 Å². The normalized spacial score (nSPS) is 23.3. The van der Waals surface area contributed by atoms with E-state index >= 15 is 0 Å². The van der Waals surface area contributed by atoms with Crippen LogP contribution in [0.1, 0.15) is 12.8 Å². The van der Waals surface area contributed by atoms with E-state index in [1.807, 2.05) is 35.9 Å². The smallest absolute Gasteiger partial charge is 0.319 e. The number of anilines is 1. The maximum atomic E-state index is 12.4. The van der Waals surface area contributed by atoms with Crippen molar-refractivity contribution in [1.29, 1.82) is 0 Å². The zero-order valence-electron chi connectivity index (χ0n) is 14.9. The number of benzene rings is 1. The number of nitrogens with zero attached hydrogens (tertiary/aromatic N) is 4. The summed E-state index contributed by atoms with van der Waals surface area (Å²) >= 11 is 0. The van der Waals surface area contributed by atoms with Gasteiger partial charge in [-0.1, -0.05) is 0 Å². The molecular formula is C18H24N6O2. The van der Waals surface area contributed by atoms with Crippen LogP contribution in [-0.4, -0.2) is 64.1 Å². The summed E-state index contributed by atoms with van der Waals surface area (Å²) in [6, 6.07) is 7.69. The molecule has 3 heterocycles. The number of amides is 2. The number of carbonyl (C=O) groups is 1. The molecule has 4 rings (SSSR count). The molecule has 2 atom stereocenters. The quantitative estimate of drug-likeness (QED) is 0.867. The molecule has 2 amide bonds. The summed E-state index contributed by atoms with van der Waals surface area (Å²) in [5.74, 6) is 0.789. The molecule has 2 aliphatic heterocycles. The van der Waals surface area contributed by atoms with E-state index < -0.39 is 0 Å². The van der Waals surface area contributed by atoms with Crippen molar-refractivity contribution in [3.05, 3.63) is 30.6 Å². The molecule has 2 fully saturated rings. The first kappa shape index (κ1) is 17.0. The van der Waals surface area contributed by atoms with Gasteiger partial charge in [0, 0.05) is 18.3 Å². The minimum atomic E-state index is -0.198. The molecule has 1 aromatic heterocycles. The molecule has 8 nitrogen and oxygen atoms in total. The molecule has 26 heavy (non-hydrogen) atoms. The lowest BCUT2D eigenvalue weighted by atomic mass is 10.1. The maximum Gasteiger partial charge on any atom is 0.319 e. The fourth-order valence-electron chi connectivity index (χ4n) is 3.70. The van der Waals surface area contributed by atoms with Crippen molar-refractivity contribution in [2.24, 2.45) is 7.05 Å². The minimum Gasteiger partial charge on any atom is -0.378 e. The second kappa shape index (κ2) is 7.43. The standard InChI is InChI=1S/C18H24N6O2/c1-23-12-19-22-17(23)13-4-6-14(7-5-13)20-18(25)21-15-10-26-11-16(15)24-8-2-3-9-24/h4-7,12,15-16H,2-3,8-11H2,1H3,(H2,20,21,25)/t15-,16-/m0/s1. The predicted octanol–water partition coefficient (Wildman–Crippen LogP) is 1.47. The number of urea groups is 1. The van der Waals surface area contributed by atoms with E-state index in [1.54, 1.807) is 6.33 Å². The number of aryl methyl sites for hydroxylation is 1. The van der Waals surface area contributed by atoms with E-state index in [1.165, 1.54) is 12.8 Å². The van der Waals surface area contributed by atoms with Gasteiger partial charge in [-0.2, -0.15) is 0 Å². The van der Waals surface area contributed by atoms with Gasteiger partial charge in [0.2, 0.25) is 0 Å². The highest BCUT2D eigenvalue weighted by Gasteiger charge is 2.35. The van der Waals surface area contributed by atoms with Gasteiger partial charge in [-0.15, -0.1) is 10.2 Å². The summed E-state index contributed by atoms with van der Waals surface area (Å²) in [6.07, 6.45) is 4.12. The van der Waals surface area contributed by atoms with Gasteiger partial charge in [0.25, 0.3) is 0 Å². The second-order valence-electron chi connectivity index (χ2n) is 6.90. The first-order chi connectivity index (χ1) is 12.7. The Morgan fingerprint density at radius 1 is 1.19 bits per heavy atom. The van der Waals surface area contributed by atoms with Crippen LogP contribution in [0.15, 0.2) is 30.6 Å². The molecule has 0 spiro atoms. The Bertz CT molecular complexity index is 753. The SMILES string of the molecule is Cn1cnnc1-c1ccc(NC(=O)N[C@H]2COC[C@@H]2N2CCCC2)cc1. The van der Waals surface area contributed by atoms with Crippen LogP contribution in [0.25, 0.3) is 11.4 Å². The molecule has 0 saturated carbocycles. The number of nitrogens with one attached hydrogen (secondary N) is 2. The van der Waals surface area contributed by atoms with Gasteiger partial charge in [-0.3, -0.25) is 4.90 Å². The topological polar surface area (TPSA) is 84.3 Å². The van der Waals surface area contributed by atoms with E-state index in [9.17, 15) is 4.79 Å². The lowest BCUT2D eigenvalue weighted by Crippen LogP contribution is -2.51. The second-order valence-corrected chi connectivity index (χ2v) is 6.90. The molecule has 1 aromatic carbocycles. The van der Waals surface area contributed by atoms with Crippen LogP contribution in [0.3, 0.4) is 0 Å². The molecule has 0 bridgehead atoms. The average molecular weight is 356 g/mol. The van der Waals surface area contributed by atoms with Gasteiger partial charge in [0.05, 0.1) is 25.3 Å². The summed E-state index contributed by atoms with van der Waals surface area (Å²) < 4.78 is 7.46. The third-order valence-corrected chi connectivity index (χ3v) is 5.09. The van der Waals surface area contributed by atoms with Crippen LogP contribution in [0, 0.1) is 0 Å². The third-order valence-electron chi connectivity index (χ3n) is 5.09. The molecule has 2 N–H and O–H groups in total. The fraction of sp³-hybridized carbons (Fsp3) is 0.500. The molecule has 0 aliphatic carbocycles. The Morgan fingerprint density at radius 3 is 2.65 bits per heavy atom. The number of aromatic nitrogens is 3. The minimum absolute atomic E-state index is 0.0333. The molecule has 0 unspecified atom stereocenters. The van der Waals surface area contributed by atoms with Gasteiger partial charge in [0.15, 0.2) is 5.82 Å². The van der Waals surface area contributed by atoms with Crippen molar-refractivity contribution in [2.45, 2.75) is 24.9 Å². The van der Waals surface area contributed by atoms with E-state index in [0.717, 1.165) is 30.2 Å². The summed E-state index contributed by atoms with van der Waals surface area (Å²) in [5, 5.41) is 13.9. The van der Waals surface area contributed by atoms with E-state index in [-0.39, 0.29) is 18.1 Å². The Morgan fingerprint density at radius 2 is 1.96 bits per heavy atom. The molecule has 2 saturated heterocycles. The zero-order valence-corrected chi connectivity index (χ0v) is 14.9. The van der Waals surface area contributed by atoms with Crippen molar-refractivity contribution >= 4 is 11.7 Å².